The van der Waals surface area contributed by atoms with Crippen LogP contribution in [0.3, 0.4) is 0 Å². The molecule has 0 amide bonds. The van der Waals surface area contributed by atoms with Crippen molar-refractivity contribution in [2.45, 2.75) is 128 Å². The standard InChI is InChI=1S/C25H35N3O3.2C25H37N3O3.C21H35N3O3/c1-27-9-11-28(12-10-27)17-23(29)18-31-25-15-24(30-2)8-7-21(25)16-26-22-13-19-5-3-4-6-20(19)14-22;2*1-20-6-4-5-7-21(20)10-11-26-17-22-8-9-24(30-3)16-25(22)31-19-23(29)18-28-14-12-27(2)13-15-28;1-23-9-11-24(12-10-23)15-19(25)16-27-21-13-20(26-2)8-7-17(21)14-22-18-5-3-4-6-18/h3-8,15,22-23,26,29H,9-14,16-18H2,1-2H3;2*4-9,16,23,26,29H,10-15,17-19H2,1-3H3;7-8,13,18-19,22,25H,3-6,9-12,14-16H2,1-2H3. The largest absolute Gasteiger partial charge is 0.497 e. The first-order chi connectivity index (χ1) is 58.3. The number of nitrogens with one attached hydrogen (secondary N) is 4. The highest BCUT2D eigenvalue weighted by atomic mass is 16.5. The molecule has 24 nitrogen and oxygen atoms in total. The van der Waals surface area contributed by atoms with Crippen LogP contribution in [-0.4, -0.2) is 323 Å². The summed E-state index contributed by atoms with van der Waals surface area (Å²) >= 11 is 0. The third kappa shape index (κ3) is 32.8. The van der Waals surface area contributed by atoms with Gasteiger partial charge in [0, 0.05) is 216 Å². The highest BCUT2D eigenvalue weighted by molar-refractivity contribution is 5.44. The van der Waals surface area contributed by atoms with Gasteiger partial charge in [-0.05, 0) is 151 Å². The number of hydrogen-bond acceptors (Lipinski definition) is 24. The van der Waals surface area contributed by atoms with E-state index in [1.54, 1.807) is 28.4 Å². The third-order valence-corrected chi connectivity index (χ3v) is 23.9. The van der Waals surface area contributed by atoms with E-state index in [2.05, 4.69) is 187 Å². The molecule has 7 aromatic rings. The Morgan fingerprint density at radius 2 is 0.608 bits per heavy atom. The fourth-order valence-corrected chi connectivity index (χ4v) is 16.1. The first-order valence-electron chi connectivity index (χ1n) is 43.9. The number of aryl methyl sites for hydroxylation is 2. The molecule has 120 heavy (non-hydrogen) atoms. The average Bonchev–Trinajstić information content (AvgIpc) is 1.69. The number of piperazine rings is 4. The molecule has 0 aromatic heterocycles. The Kier molecular flexibility index (Phi) is 40.5. The number of aliphatic hydroxyl groups excluding tert-OH is 4. The number of ether oxygens (including phenoxy) is 8. The van der Waals surface area contributed by atoms with E-state index in [0.29, 0.717) is 58.0 Å². The van der Waals surface area contributed by atoms with Crippen molar-refractivity contribution in [1.82, 2.24) is 60.5 Å². The van der Waals surface area contributed by atoms with Gasteiger partial charge in [-0.1, -0.05) is 110 Å². The molecule has 0 radical (unpaired) electrons. The molecule has 4 aliphatic heterocycles. The van der Waals surface area contributed by atoms with Crippen LogP contribution in [0.1, 0.15) is 81.3 Å². The fraction of sp³-hybridized carbons (Fsp3) is 0.562. The van der Waals surface area contributed by atoms with Crippen LogP contribution < -0.4 is 59.2 Å². The predicted molar refractivity (Wildman–Crippen MR) is 480 cm³/mol. The average molecular weight is 1660 g/mol. The van der Waals surface area contributed by atoms with Crippen molar-refractivity contribution in [3.63, 3.8) is 0 Å². The Hall–Kier alpha value is -7.70. The van der Waals surface area contributed by atoms with Crippen molar-refractivity contribution in [2.75, 3.05) is 227 Å². The first kappa shape index (κ1) is 94.5. The molecule has 7 aromatic carbocycles. The maximum Gasteiger partial charge on any atom is 0.127 e. The van der Waals surface area contributed by atoms with E-state index in [0.717, 1.165) is 225 Å². The lowest BCUT2D eigenvalue weighted by Crippen LogP contribution is -2.47. The van der Waals surface area contributed by atoms with Crippen LogP contribution in [0.25, 0.3) is 0 Å². The van der Waals surface area contributed by atoms with E-state index < -0.39 is 24.4 Å². The molecule has 4 atom stereocenters. The molecule has 6 aliphatic rings. The van der Waals surface area contributed by atoms with Crippen LogP contribution in [0, 0.1) is 13.8 Å². The van der Waals surface area contributed by atoms with Gasteiger partial charge in [-0.15, -0.1) is 0 Å². The van der Waals surface area contributed by atoms with E-state index in [9.17, 15) is 20.4 Å². The van der Waals surface area contributed by atoms with Gasteiger partial charge in [-0.25, -0.2) is 0 Å². The normalized spacial score (nSPS) is 17.9. The first-order valence-corrected chi connectivity index (χ1v) is 43.9. The van der Waals surface area contributed by atoms with Crippen molar-refractivity contribution in [3.8, 4) is 46.0 Å². The summed E-state index contributed by atoms with van der Waals surface area (Å²) in [4.78, 5) is 18.5. The molecular formula is C96H144N12O12. The van der Waals surface area contributed by atoms with E-state index >= 15 is 0 Å². The zero-order valence-corrected chi connectivity index (χ0v) is 73.8. The molecular weight excluding hydrogens is 1510 g/mol. The Bertz CT molecular complexity index is 3880. The number of fused-ring (bicyclic) bond motifs is 1. The van der Waals surface area contributed by atoms with Crippen LogP contribution in [0.5, 0.6) is 46.0 Å². The van der Waals surface area contributed by atoms with Crippen LogP contribution in [0.15, 0.2) is 146 Å². The van der Waals surface area contributed by atoms with Crippen molar-refractivity contribution in [3.05, 3.63) is 201 Å². The number of rotatable bonds is 40. The van der Waals surface area contributed by atoms with Crippen molar-refractivity contribution < 1.29 is 58.3 Å². The summed E-state index contributed by atoms with van der Waals surface area (Å²) < 4.78 is 45.6. The molecule has 13 rings (SSSR count). The minimum absolute atomic E-state index is 0.274. The molecule has 4 unspecified atom stereocenters. The Morgan fingerprint density at radius 1 is 0.333 bits per heavy atom. The van der Waals surface area contributed by atoms with Gasteiger partial charge in [0.05, 0.1) is 28.4 Å². The molecule has 4 saturated heterocycles. The second kappa shape index (κ2) is 51.4. The Morgan fingerprint density at radius 3 is 0.900 bits per heavy atom. The van der Waals surface area contributed by atoms with Crippen LogP contribution in [-0.2, 0) is 51.9 Å². The molecule has 4 heterocycles. The van der Waals surface area contributed by atoms with Crippen molar-refractivity contribution in [2.24, 2.45) is 0 Å². The number of nitrogens with zero attached hydrogens (tertiary/aromatic N) is 8. The van der Waals surface area contributed by atoms with E-state index in [1.165, 1.54) is 59.1 Å². The number of methoxy groups -OCH3 is 4. The molecule has 2 aliphatic carbocycles. The minimum Gasteiger partial charge on any atom is -0.497 e. The summed E-state index contributed by atoms with van der Waals surface area (Å²) in [6.07, 6.45) is 7.23. The zero-order chi connectivity index (χ0) is 84.8. The molecule has 660 valence electrons. The second-order valence-corrected chi connectivity index (χ2v) is 33.5. The van der Waals surface area contributed by atoms with Gasteiger partial charge in [0.15, 0.2) is 0 Å². The summed E-state index contributed by atoms with van der Waals surface area (Å²) in [7, 11) is 15.2. The third-order valence-electron chi connectivity index (χ3n) is 23.9. The molecule has 0 bridgehead atoms. The van der Waals surface area contributed by atoms with Crippen LogP contribution >= 0.6 is 0 Å². The lowest BCUT2D eigenvalue weighted by atomic mass is 10.1. The lowest BCUT2D eigenvalue weighted by Gasteiger charge is -2.33. The summed E-state index contributed by atoms with van der Waals surface area (Å²) in [5.74, 6) is 6.17. The lowest BCUT2D eigenvalue weighted by molar-refractivity contribution is 0.0501. The predicted octanol–water partition coefficient (Wildman–Crippen LogP) is 8.30. The number of aliphatic hydroxyl groups is 4. The Balaban J connectivity index is 0.000000168. The number of benzene rings is 7. The highest BCUT2D eigenvalue weighted by Gasteiger charge is 2.26. The summed E-state index contributed by atoms with van der Waals surface area (Å²) in [5.41, 5.74) is 12.6. The van der Waals surface area contributed by atoms with Crippen LogP contribution in [0.2, 0.25) is 0 Å². The SMILES string of the molecule is COc1ccc(CNC2CCCC2)c(OCC(O)CN2CCN(C)CC2)c1.COc1ccc(CNC2Cc3ccccc3C2)c(OCC(O)CN2CCN(C)CC2)c1.COc1ccc(CNCCc2ccccc2C)c(OCC(O)CN2CCN(C)CC2)c1.COc1ccc(CNCCc2ccccc2C)c(OCC(O)CN2CCN(C)CC2)c1. The van der Waals surface area contributed by atoms with Crippen LogP contribution in [0.4, 0.5) is 0 Å². The maximum atomic E-state index is 10.5. The van der Waals surface area contributed by atoms with Gasteiger partial charge < -0.3 is 99.2 Å². The van der Waals surface area contributed by atoms with Crippen molar-refractivity contribution in [1.29, 1.82) is 0 Å². The van der Waals surface area contributed by atoms with E-state index in [4.69, 9.17) is 37.9 Å². The van der Waals surface area contributed by atoms with E-state index in [-0.39, 0.29) is 19.8 Å². The molecule has 24 heteroatoms. The zero-order valence-electron chi connectivity index (χ0n) is 73.8. The number of hydrogen-bond donors (Lipinski definition) is 8. The van der Waals surface area contributed by atoms with Gasteiger partial charge in [0.2, 0.25) is 0 Å². The smallest absolute Gasteiger partial charge is 0.127 e. The van der Waals surface area contributed by atoms with Gasteiger partial charge in [0.1, 0.15) is 96.8 Å². The monoisotopic (exact) mass is 1660 g/mol. The highest BCUT2D eigenvalue weighted by Crippen LogP contribution is 2.31. The van der Waals surface area contributed by atoms with Gasteiger partial charge in [-0.2, -0.15) is 0 Å². The van der Waals surface area contributed by atoms with Gasteiger partial charge >= 0.3 is 0 Å². The maximum absolute atomic E-state index is 10.5. The summed E-state index contributed by atoms with van der Waals surface area (Å²) in [5, 5.41) is 56.3. The quantitative estimate of drug-likeness (QED) is 0.0169. The number of likely N-dealkylation sites (N-methyl/N-ethyl adjacent to an activating group) is 4. The second-order valence-electron chi connectivity index (χ2n) is 33.5. The van der Waals surface area contributed by atoms with Gasteiger partial charge in [0.25, 0.3) is 0 Å². The molecule has 1 saturated carbocycles. The minimum atomic E-state index is -0.517. The Labute approximate surface area is 717 Å². The molecule has 8 N–H and O–H groups in total. The summed E-state index contributed by atoms with van der Waals surface area (Å²) in [6, 6.07) is 50.4. The van der Waals surface area contributed by atoms with Gasteiger partial charge in [-0.3, -0.25) is 19.6 Å². The van der Waals surface area contributed by atoms with Crippen molar-refractivity contribution >= 4 is 0 Å². The molecule has 5 fully saturated rings. The summed E-state index contributed by atoms with van der Waals surface area (Å²) in [6.45, 7) is 29.1. The number of β-amino-alcohol motifs (C(OH)–C–C–N with tert-alkyl or cyclic N) is 4. The molecule has 0 spiro atoms. The topological polar surface area (TPSA) is 229 Å². The fourth-order valence-electron chi connectivity index (χ4n) is 16.1. The van der Waals surface area contributed by atoms with E-state index in [1.807, 2.05) is 60.7 Å².